The van der Waals surface area contributed by atoms with Gasteiger partial charge in [-0.15, -0.1) is 0 Å². The number of para-hydroxylation sites is 1. The van der Waals surface area contributed by atoms with E-state index in [2.05, 4.69) is 5.32 Å². The lowest BCUT2D eigenvalue weighted by atomic mass is 9.96. The van der Waals surface area contributed by atoms with E-state index >= 15 is 0 Å². The molecule has 7 nitrogen and oxygen atoms in total. The standard InChI is InChI=1S/C22H24N2O5/c1-15-11-12-16-7-5-6-10-19(16)24(15)20(26)14-29-22(28)18(13-25)23-21(27)17-8-3-2-4-9-17/h2-10,15,18,25H,11-14H2,1H3,(H,23,27). The second kappa shape index (κ2) is 9.34. The van der Waals surface area contributed by atoms with Crippen molar-refractivity contribution >= 4 is 23.5 Å². The number of fused-ring (bicyclic) bond motifs is 1. The summed E-state index contributed by atoms with van der Waals surface area (Å²) in [6.07, 6.45) is 1.71. The molecule has 0 spiro atoms. The summed E-state index contributed by atoms with van der Waals surface area (Å²) in [5.41, 5.74) is 2.26. The van der Waals surface area contributed by atoms with Gasteiger partial charge in [-0.3, -0.25) is 9.59 Å². The van der Waals surface area contributed by atoms with Crippen molar-refractivity contribution < 1.29 is 24.2 Å². The number of nitrogens with zero attached hydrogens (tertiary/aromatic N) is 1. The summed E-state index contributed by atoms with van der Waals surface area (Å²) in [4.78, 5) is 38.8. The summed E-state index contributed by atoms with van der Waals surface area (Å²) in [6.45, 7) is 0.857. The summed E-state index contributed by atoms with van der Waals surface area (Å²) in [6, 6.07) is 14.7. The van der Waals surface area contributed by atoms with Crippen LogP contribution in [-0.2, 0) is 20.7 Å². The minimum Gasteiger partial charge on any atom is -0.454 e. The quantitative estimate of drug-likeness (QED) is 0.725. The monoisotopic (exact) mass is 396 g/mol. The van der Waals surface area contributed by atoms with Crippen molar-refractivity contribution in [3.63, 3.8) is 0 Å². The SMILES string of the molecule is CC1CCc2ccccc2N1C(=O)COC(=O)C(CO)NC(=O)c1ccccc1. The Labute approximate surface area is 169 Å². The number of esters is 1. The van der Waals surface area contributed by atoms with Crippen LogP contribution in [0.2, 0.25) is 0 Å². The molecule has 7 heteroatoms. The number of carbonyl (C=O) groups is 3. The van der Waals surface area contributed by atoms with Gasteiger partial charge < -0.3 is 20.1 Å². The van der Waals surface area contributed by atoms with Crippen molar-refractivity contribution in [2.75, 3.05) is 18.1 Å². The van der Waals surface area contributed by atoms with Crippen LogP contribution in [0.5, 0.6) is 0 Å². The highest BCUT2D eigenvalue weighted by molar-refractivity contribution is 5.98. The Morgan fingerprint density at radius 1 is 1.14 bits per heavy atom. The maximum Gasteiger partial charge on any atom is 0.331 e. The highest BCUT2D eigenvalue weighted by atomic mass is 16.5. The minimum absolute atomic E-state index is 0.0116. The Balaban J connectivity index is 1.60. The smallest absolute Gasteiger partial charge is 0.331 e. The first-order valence-corrected chi connectivity index (χ1v) is 9.54. The predicted octanol–water partition coefficient (Wildman–Crippen LogP) is 1.69. The molecule has 2 aromatic rings. The van der Waals surface area contributed by atoms with Crippen LogP contribution < -0.4 is 10.2 Å². The molecule has 0 fully saturated rings. The van der Waals surface area contributed by atoms with Gasteiger partial charge in [0.15, 0.2) is 12.6 Å². The van der Waals surface area contributed by atoms with Crippen LogP contribution in [0.15, 0.2) is 54.6 Å². The number of ether oxygens (including phenoxy) is 1. The number of hydrogen-bond acceptors (Lipinski definition) is 5. The van der Waals surface area contributed by atoms with Crippen molar-refractivity contribution in [1.82, 2.24) is 5.32 Å². The van der Waals surface area contributed by atoms with Crippen LogP contribution in [0.3, 0.4) is 0 Å². The third-order valence-electron chi connectivity index (χ3n) is 4.94. The predicted molar refractivity (Wildman–Crippen MR) is 107 cm³/mol. The Kier molecular flexibility index (Phi) is 6.61. The minimum atomic E-state index is -1.25. The molecule has 3 rings (SSSR count). The van der Waals surface area contributed by atoms with Crippen LogP contribution in [-0.4, -0.2) is 48.2 Å². The van der Waals surface area contributed by atoms with Gasteiger partial charge >= 0.3 is 5.97 Å². The lowest BCUT2D eigenvalue weighted by molar-refractivity contribution is -0.150. The fourth-order valence-corrected chi connectivity index (χ4v) is 3.38. The van der Waals surface area contributed by atoms with Gasteiger partial charge in [-0.1, -0.05) is 36.4 Å². The number of aryl methyl sites for hydroxylation is 1. The maximum absolute atomic E-state index is 12.7. The topological polar surface area (TPSA) is 95.9 Å². The Morgan fingerprint density at radius 3 is 2.55 bits per heavy atom. The van der Waals surface area contributed by atoms with Gasteiger partial charge in [0.25, 0.3) is 11.8 Å². The molecular weight excluding hydrogens is 372 g/mol. The largest absolute Gasteiger partial charge is 0.454 e. The molecule has 1 heterocycles. The van der Waals surface area contributed by atoms with Gasteiger partial charge in [-0.2, -0.15) is 0 Å². The van der Waals surface area contributed by atoms with E-state index in [1.807, 2.05) is 31.2 Å². The highest BCUT2D eigenvalue weighted by Gasteiger charge is 2.29. The van der Waals surface area contributed by atoms with Crippen LogP contribution in [0.4, 0.5) is 5.69 Å². The third-order valence-corrected chi connectivity index (χ3v) is 4.94. The summed E-state index contributed by atoms with van der Waals surface area (Å²) < 4.78 is 5.11. The molecule has 1 aliphatic heterocycles. The molecule has 2 unspecified atom stereocenters. The molecule has 152 valence electrons. The molecule has 0 bridgehead atoms. The van der Waals surface area contributed by atoms with E-state index in [1.54, 1.807) is 35.2 Å². The van der Waals surface area contributed by atoms with Gasteiger partial charge in [0, 0.05) is 17.3 Å². The zero-order valence-electron chi connectivity index (χ0n) is 16.2. The van der Waals surface area contributed by atoms with E-state index < -0.39 is 31.1 Å². The van der Waals surface area contributed by atoms with E-state index in [0.717, 1.165) is 24.1 Å². The number of aliphatic hydroxyl groups is 1. The van der Waals surface area contributed by atoms with Crippen molar-refractivity contribution in [2.24, 2.45) is 0 Å². The van der Waals surface area contributed by atoms with Gasteiger partial charge in [0.1, 0.15) is 0 Å². The zero-order chi connectivity index (χ0) is 20.8. The van der Waals surface area contributed by atoms with Crippen molar-refractivity contribution in [3.05, 3.63) is 65.7 Å². The summed E-state index contributed by atoms with van der Waals surface area (Å²) >= 11 is 0. The number of amides is 2. The van der Waals surface area contributed by atoms with E-state index in [-0.39, 0.29) is 11.9 Å². The summed E-state index contributed by atoms with van der Waals surface area (Å²) in [7, 11) is 0. The molecule has 0 saturated heterocycles. The first-order chi connectivity index (χ1) is 14.0. The number of benzene rings is 2. The number of rotatable bonds is 6. The van der Waals surface area contributed by atoms with Crippen LogP contribution in [0, 0.1) is 0 Å². The van der Waals surface area contributed by atoms with E-state index in [1.165, 1.54) is 0 Å². The number of anilines is 1. The molecule has 29 heavy (non-hydrogen) atoms. The number of hydrogen-bond donors (Lipinski definition) is 2. The first-order valence-electron chi connectivity index (χ1n) is 9.54. The molecule has 0 aliphatic carbocycles. The number of nitrogens with one attached hydrogen (secondary N) is 1. The van der Waals surface area contributed by atoms with Crippen molar-refractivity contribution in [1.29, 1.82) is 0 Å². The lowest BCUT2D eigenvalue weighted by Gasteiger charge is -2.35. The van der Waals surface area contributed by atoms with Crippen LogP contribution in [0.25, 0.3) is 0 Å². The lowest BCUT2D eigenvalue weighted by Crippen LogP contribution is -2.47. The second-order valence-electron chi connectivity index (χ2n) is 6.96. The molecule has 2 atom stereocenters. The van der Waals surface area contributed by atoms with Crippen molar-refractivity contribution in [3.8, 4) is 0 Å². The molecule has 0 saturated carbocycles. The molecule has 2 amide bonds. The molecule has 2 N–H and O–H groups in total. The molecule has 1 aliphatic rings. The van der Waals surface area contributed by atoms with Gasteiger partial charge in [-0.05, 0) is 43.5 Å². The summed E-state index contributed by atoms with van der Waals surface area (Å²) in [5.74, 6) is -1.71. The highest BCUT2D eigenvalue weighted by Crippen LogP contribution is 2.30. The van der Waals surface area contributed by atoms with Crippen molar-refractivity contribution in [2.45, 2.75) is 31.8 Å². The van der Waals surface area contributed by atoms with Gasteiger partial charge in [0.2, 0.25) is 0 Å². The van der Waals surface area contributed by atoms with E-state index in [4.69, 9.17) is 4.74 Å². The fourth-order valence-electron chi connectivity index (χ4n) is 3.38. The fraction of sp³-hybridized carbons (Fsp3) is 0.318. The van der Waals surface area contributed by atoms with E-state index in [0.29, 0.717) is 5.56 Å². The van der Waals surface area contributed by atoms with Gasteiger partial charge in [0.05, 0.1) is 6.61 Å². The second-order valence-corrected chi connectivity index (χ2v) is 6.96. The normalized spacial score (nSPS) is 16.5. The number of carbonyl (C=O) groups excluding carboxylic acids is 3. The third kappa shape index (κ3) is 4.81. The van der Waals surface area contributed by atoms with Crippen LogP contribution >= 0.6 is 0 Å². The molecular formula is C22H24N2O5. The molecule has 0 radical (unpaired) electrons. The Bertz CT molecular complexity index is 884. The molecule has 0 aromatic heterocycles. The zero-order valence-corrected chi connectivity index (χ0v) is 16.2. The number of aliphatic hydroxyl groups excluding tert-OH is 1. The Hall–Kier alpha value is -3.19. The van der Waals surface area contributed by atoms with Gasteiger partial charge in [-0.25, -0.2) is 4.79 Å². The van der Waals surface area contributed by atoms with E-state index in [9.17, 15) is 19.5 Å². The Morgan fingerprint density at radius 2 is 1.83 bits per heavy atom. The maximum atomic E-state index is 12.7. The van der Waals surface area contributed by atoms with Crippen LogP contribution in [0.1, 0.15) is 29.3 Å². The first kappa shape index (κ1) is 20.5. The average Bonchev–Trinajstić information content (AvgIpc) is 2.75. The summed E-state index contributed by atoms with van der Waals surface area (Å²) in [5, 5.41) is 11.9. The average molecular weight is 396 g/mol. The molecule has 2 aromatic carbocycles.